The summed E-state index contributed by atoms with van der Waals surface area (Å²) in [5.74, 6) is 0.104. The zero-order valence-electron chi connectivity index (χ0n) is 9.46. The molecule has 1 saturated carbocycles. The molecule has 16 heavy (non-hydrogen) atoms. The zero-order valence-corrected chi connectivity index (χ0v) is 9.46. The molecule has 0 N–H and O–H groups in total. The lowest BCUT2D eigenvalue weighted by Gasteiger charge is -2.29. The van der Waals surface area contributed by atoms with Gasteiger partial charge in [0.1, 0.15) is 0 Å². The lowest BCUT2D eigenvalue weighted by atomic mass is 9.75. The van der Waals surface area contributed by atoms with Crippen LogP contribution in [0, 0.1) is 11.8 Å². The second kappa shape index (κ2) is 6.41. The second-order valence-corrected chi connectivity index (χ2v) is 4.18. The van der Waals surface area contributed by atoms with Crippen molar-refractivity contribution in [3.8, 4) is 0 Å². The lowest BCUT2D eigenvalue weighted by molar-refractivity contribution is 0.311. The Kier molecular flexibility index (Phi) is 5.17. The maximum atomic E-state index is 12.3. The average molecular weight is 224 g/mol. The van der Waals surface area contributed by atoms with Crippen molar-refractivity contribution in [3.63, 3.8) is 0 Å². The third-order valence-electron chi connectivity index (χ3n) is 3.08. The number of rotatable bonds is 4. The summed E-state index contributed by atoms with van der Waals surface area (Å²) in [6.07, 6.45) is 8.80. The van der Waals surface area contributed by atoms with Crippen LogP contribution in [0.5, 0.6) is 0 Å². The third kappa shape index (κ3) is 3.76. The molecule has 2 atom stereocenters. The molecule has 0 aromatic carbocycles. The molecule has 0 aliphatic heterocycles. The fourth-order valence-electron chi connectivity index (χ4n) is 2.30. The van der Waals surface area contributed by atoms with E-state index in [9.17, 15) is 8.78 Å². The first-order valence-electron chi connectivity index (χ1n) is 5.66. The fourth-order valence-corrected chi connectivity index (χ4v) is 2.30. The highest BCUT2D eigenvalue weighted by atomic mass is 19.3. The molecule has 0 spiro atoms. The molecular formula is C14H18F2. The van der Waals surface area contributed by atoms with Crippen LogP contribution < -0.4 is 0 Å². The van der Waals surface area contributed by atoms with E-state index >= 15 is 0 Å². The summed E-state index contributed by atoms with van der Waals surface area (Å²) in [4.78, 5) is 0. The Labute approximate surface area is 96.1 Å². The molecule has 1 rings (SSSR count). The normalized spacial score (nSPS) is 25.4. The smallest absolute Gasteiger partial charge is 0.174 e. The summed E-state index contributed by atoms with van der Waals surface area (Å²) >= 11 is 0. The highest BCUT2D eigenvalue weighted by Crippen LogP contribution is 2.36. The molecule has 0 heterocycles. The minimum atomic E-state index is -1.57. The van der Waals surface area contributed by atoms with Gasteiger partial charge in [0.25, 0.3) is 6.08 Å². The summed E-state index contributed by atoms with van der Waals surface area (Å²) in [5, 5.41) is 0. The van der Waals surface area contributed by atoms with E-state index in [1.165, 1.54) is 0 Å². The molecule has 0 aromatic rings. The minimum Gasteiger partial charge on any atom is -0.174 e. The molecular weight excluding hydrogens is 206 g/mol. The standard InChI is InChI=1S/C14H18F2/c1-3-4-7-11(2)13-9-6-5-8-12(13)10-14(15)16/h3-4,7,10,12-13H,1-2,5-6,8-9H2/b7-4-. The van der Waals surface area contributed by atoms with Crippen LogP contribution in [0.4, 0.5) is 8.78 Å². The lowest BCUT2D eigenvalue weighted by Crippen LogP contribution is -2.18. The molecule has 0 radical (unpaired) electrons. The van der Waals surface area contributed by atoms with Gasteiger partial charge in [-0.3, -0.25) is 0 Å². The van der Waals surface area contributed by atoms with Crippen molar-refractivity contribution in [2.24, 2.45) is 11.8 Å². The van der Waals surface area contributed by atoms with Crippen molar-refractivity contribution >= 4 is 0 Å². The predicted molar refractivity (Wildman–Crippen MR) is 64.2 cm³/mol. The van der Waals surface area contributed by atoms with Crippen molar-refractivity contribution in [2.45, 2.75) is 25.7 Å². The Hall–Kier alpha value is -1.18. The van der Waals surface area contributed by atoms with Gasteiger partial charge in [0.2, 0.25) is 0 Å². The maximum Gasteiger partial charge on any atom is 0.266 e. The SMILES string of the molecule is C=C/C=C\C(=C)C1CCCCC1C=C(F)F. The summed E-state index contributed by atoms with van der Waals surface area (Å²) < 4.78 is 24.6. The number of hydrogen-bond donors (Lipinski definition) is 0. The van der Waals surface area contributed by atoms with Crippen LogP contribution >= 0.6 is 0 Å². The van der Waals surface area contributed by atoms with E-state index in [-0.39, 0.29) is 11.8 Å². The molecule has 0 amide bonds. The quantitative estimate of drug-likeness (QED) is 0.597. The number of hydrogen-bond acceptors (Lipinski definition) is 0. The molecule has 0 saturated heterocycles. The van der Waals surface area contributed by atoms with Gasteiger partial charge in [-0.2, -0.15) is 8.78 Å². The van der Waals surface area contributed by atoms with E-state index in [0.29, 0.717) is 0 Å². The van der Waals surface area contributed by atoms with Gasteiger partial charge in [-0.25, -0.2) is 0 Å². The van der Waals surface area contributed by atoms with Gasteiger partial charge in [0.15, 0.2) is 0 Å². The average Bonchev–Trinajstić information content (AvgIpc) is 2.26. The predicted octanol–water partition coefficient (Wildman–Crippen LogP) is 4.87. The molecule has 2 heteroatoms. The van der Waals surface area contributed by atoms with Gasteiger partial charge in [0, 0.05) is 0 Å². The zero-order chi connectivity index (χ0) is 12.0. The van der Waals surface area contributed by atoms with Crippen LogP contribution in [-0.2, 0) is 0 Å². The van der Waals surface area contributed by atoms with Crippen molar-refractivity contribution in [1.82, 2.24) is 0 Å². The first kappa shape index (κ1) is 12.9. The van der Waals surface area contributed by atoms with Crippen LogP contribution in [0.15, 0.2) is 49.1 Å². The number of halogens is 2. The van der Waals surface area contributed by atoms with Crippen LogP contribution in [0.1, 0.15) is 25.7 Å². The monoisotopic (exact) mass is 224 g/mol. The summed E-state index contributed by atoms with van der Waals surface area (Å²) in [6, 6.07) is 0. The van der Waals surface area contributed by atoms with Gasteiger partial charge in [-0.15, -0.1) is 0 Å². The van der Waals surface area contributed by atoms with Crippen LogP contribution in [0.2, 0.25) is 0 Å². The van der Waals surface area contributed by atoms with Gasteiger partial charge >= 0.3 is 0 Å². The molecule has 0 bridgehead atoms. The molecule has 0 aromatic heterocycles. The van der Waals surface area contributed by atoms with E-state index in [0.717, 1.165) is 37.3 Å². The van der Waals surface area contributed by atoms with Crippen molar-refractivity contribution in [1.29, 1.82) is 0 Å². The first-order valence-corrected chi connectivity index (χ1v) is 5.66. The molecule has 0 nitrogen and oxygen atoms in total. The fraction of sp³-hybridized carbons (Fsp3) is 0.429. The van der Waals surface area contributed by atoms with Gasteiger partial charge in [-0.05, 0) is 30.8 Å². The Bertz CT molecular complexity index is 309. The largest absolute Gasteiger partial charge is 0.266 e. The Morgan fingerprint density at radius 2 is 1.88 bits per heavy atom. The van der Waals surface area contributed by atoms with Crippen LogP contribution in [0.3, 0.4) is 0 Å². The highest BCUT2D eigenvalue weighted by Gasteiger charge is 2.25. The maximum absolute atomic E-state index is 12.3. The summed E-state index contributed by atoms with van der Waals surface area (Å²) in [7, 11) is 0. The third-order valence-corrected chi connectivity index (χ3v) is 3.08. The van der Waals surface area contributed by atoms with E-state index in [1.54, 1.807) is 6.08 Å². The van der Waals surface area contributed by atoms with Crippen molar-refractivity contribution < 1.29 is 8.78 Å². The van der Waals surface area contributed by atoms with Crippen molar-refractivity contribution in [2.75, 3.05) is 0 Å². The Morgan fingerprint density at radius 3 is 2.50 bits per heavy atom. The van der Waals surface area contributed by atoms with Gasteiger partial charge in [-0.1, -0.05) is 49.8 Å². The first-order chi connectivity index (χ1) is 7.65. The van der Waals surface area contributed by atoms with E-state index in [4.69, 9.17) is 0 Å². The molecule has 1 aliphatic carbocycles. The van der Waals surface area contributed by atoms with Crippen LogP contribution in [-0.4, -0.2) is 0 Å². The van der Waals surface area contributed by atoms with Gasteiger partial charge < -0.3 is 0 Å². The van der Waals surface area contributed by atoms with Crippen molar-refractivity contribution in [3.05, 3.63) is 49.1 Å². The minimum absolute atomic E-state index is 0.0549. The highest BCUT2D eigenvalue weighted by molar-refractivity contribution is 5.23. The van der Waals surface area contributed by atoms with Gasteiger partial charge in [0.05, 0.1) is 0 Å². The topological polar surface area (TPSA) is 0 Å². The van der Waals surface area contributed by atoms with E-state index in [1.807, 2.05) is 12.2 Å². The molecule has 2 unspecified atom stereocenters. The summed E-state index contributed by atoms with van der Waals surface area (Å²) in [6.45, 7) is 7.55. The second-order valence-electron chi connectivity index (χ2n) is 4.18. The Balaban J connectivity index is 2.73. The molecule has 88 valence electrons. The molecule has 1 fully saturated rings. The van der Waals surface area contributed by atoms with E-state index in [2.05, 4.69) is 13.2 Å². The Morgan fingerprint density at radius 1 is 1.19 bits per heavy atom. The molecule has 1 aliphatic rings. The van der Waals surface area contributed by atoms with Crippen LogP contribution in [0.25, 0.3) is 0 Å². The van der Waals surface area contributed by atoms with E-state index < -0.39 is 6.08 Å². The number of allylic oxidation sites excluding steroid dienone is 5. The summed E-state index contributed by atoms with van der Waals surface area (Å²) in [5.41, 5.74) is 0.933.